The quantitative estimate of drug-likeness (QED) is 0.517. The third kappa shape index (κ3) is 2.44. The molecule has 3 aliphatic rings. The number of nitro benzene ring substituents is 1. The van der Waals surface area contributed by atoms with Crippen molar-refractivity contribution in [2.45, 2.75) is 26.7 Å². The van der Waals surface area contributed by atoms with Gasteiger partial charge in [0.05, 0.1) is 16.8 Å². The Hall–Kier alpha value is -2.17. The Morgan fingerprint density at radius 3 is 2.95 bits per heavy atom. The fourth-order valence-corrected chi connectivity index (χ4v) is 3.42. The Kier molecular flexibility index (Phi) is 3.27. The molecule has 1 N–H and O–H groups in total. The van der Waals surface area contributed by atoms with E-state index in [1.54, 1.807) is 12.1 Å². The summed E-state index contributed by atoms with van der Waals surface area (Å²) < 4.78 is 0. The van der Waals surface area contributed by atoms with E-state index in [0.29, 0.717) is 17.0 Å². The summed E-state index contributed by atoms with van der Waals surface area (Å²) in [5.41, 5.74) is 5.22. The van der Waals surface area contributed by atoms with Gasteiger partial charge in [0.1, 0.15) is 0 Å². The Balaban J connectivity index is 1.67. The summed E-state index contributed by atoms with van der Waals surface area (Å²) in [5, 5.41) is 15.0. The lowest BCUT2D eigenvalue weighted by Crippen LogP contribution is -2.48. The van der Waals surface area contributed by atoms with Crippen LogP contribution in [0.15, 0.2) is 41.0 Å². The first-order chi connectivity index (χ1) is 9.98. The molecule has 1 saturated carbocycles. The number of allylic oxidation sites excluding steroid dienone is 2. The predicted octanol–water partition coefficient (Wildman–Crippen LogP) is 3.98. The number of fused-ring (bicyclic) bond motifs is 1. The van der Waals surface area contributed by atoms with E-state index in [-0.39, 0.29) is 5.69 Å². The van der Waals surface area contributed by atoms with Crippen molar-refractivity contribution < 1.29 is 4.92 Å². The molecule has 0 amide bonds. The summed E-state index contributed by atoms with van der Waals surface area (Å²) >= 11 is 0. The third-order valence-corrected chi connectivity index (χ3v) is 4.98. The molecule has 0 radical (unpaired) electrons. The van der Waals surface area contributed by atoms with Crippen LogP contribution in [0, 0.1) is 27.4 Å². The van der Waals surface area contributed by atoms with Crippen LogP contribution in [-0.4, -0.2) is 11.1 Å². The van der Waals surface area contributed by atoms with Gasteiger partial charge in [-0.15, -0.1) is 0 Å². The molecule has 110 valence electrons. The normalized spacial score (nSPS) is 26.1. The molecule has 0 heterocycles. The van der Waals surface area contributed by atoms with Crippen LogP contribution in [0.25, 0.3) is 0 Å². The van der Waals surface area contributed by atoms with Crippen molar-refractivity contribution in [2.24, 2.45) is 22.4 Å². The lowest BCUT2D eigenvalue weighted by atomic mass is 9.49. The summed E-state index contributed by atoms with van der Waals surface area (Å²) in [5.74, 6) is 1.40. The first-order valence-corrected chi connectivity index (χ1v) is 7.22. The van der Waals surface area contributed by atoms with Gasteiger partial charge in [0.25, 0.3) is 5.69 Å². The highest BCUT2D eigenvalue weighted by atomic mass is 16.6. The van der Waals surface area contributed by atoms with Crippen LogP contribution < -0.4 is 5.43 Å². The van der Waals surface area contributed by atoms with Gasteiger partial charge in [-0.2, -0.15) is 5.10 Å². The van der Waals surface area contributed by atoms with E-state index in [0.717, 1.165) is 12.3 Å². The van der Waals surface area contributed by atoms with Crippen molar-refractivity contribution in [3.05, 3.63) is 46.0 Å². The highest BCUT2D eigenvalue weighted by Crippen LogP contribution is 2.58. The second-order valence-electron chi connectivity index (χ2n) is 6.42. The van der Waals surface area contributed by atoms with Crippen LogP contribution >= 0.6 is 0 Å². The van der Waals surface area contributed by atoms with E-state index in [1.807, 2.05) is 6.21 Å². The number of hydrogen-bond donors (Lipinski definition) is 1. The number of hydrogen-bond acceptors (Lipinski definition) is 4. The number of benzene rings is 1. The molecule has 0 aliphatic heterocycles. The van der Waals surface area contributed by atoms with Crippen molar-refractivity contribution in [1.29, 1.82) is 0 Å². The van der Waals surface area contributed by atoms with E-state index in [1.165, 1.54) is 24.1 Å². The Bertz CT molecular complexity index is 634. The topological polar surface area (TPSA) is 67.5 Å². The summed E-state index contributed by atoms with van der Waals surface area (Å²) in [6, 6.07) is 6.36. The zero-order valence-electron chi connectivity index (χ0n) is 12.2. The summed E-state index contributed by atoms with van der Waals surface area (Å²) in [6.07, 6.45) is 6.51. The molecule has 0 spiro atoms. The van der Waals surface area contributed by atoms with E-state index >= 15 is 0 Å². The van der Waals surface area contributed by atoms with Crippen molar-refractivity contribution in [3.8, 4) is 0 Å². The number of non-ortho nitro benzene ring substituents is 1. The van der Waals surface area contributed by atoms with Gasteiger partial charge in [0, 0.05) is 12.1 Å². The molecule has 21 heavy (non-hydrogen) atoms. The lowest BCUT2D eigenvalue weighted by molar-refractivity contribution is -0.384. The van der Waals surface area contributed by atoms with Gasteiger partial charge >= 0.3 is 0 Å². The van der Waals surface area contributed by atoms with Gasteiger partial charge in [-0.05, 0) is 41.7 Å². The van der Waals surface area contributed by atoms with Gasteiger partial charge in [0.15, 0.2) is 0 Å². The third-order valence-electron chi connectivity index (χ3n) is 4.98. The number of anilines is 1. The number of rotatable bonds is 4. The van der Waals surface area contributed by atoms with Crippen molar-refractivity contribution in [3.63, 3.8) is 0 Å². The monoisotopic (exact) mass is 285 g/mol. The first kappa shape index (κ1) is 13.8. The second kappa shape index (κ2) is 4.98. The van der Waals surface area contributed by atoms with Gasteiger partial charge in [-0.3, -0.25) is 15.5 Å². The van der Waals surface area contributed by atoms with Gasteiger partial charge < -0.3 is 0 Å². The largest absolute Gasteiger partial charge is 0.278 e. The maximum Gasteiger partial charge on any atom is 0.271 e. The molecular formula is C16H19N3O2. The highest BCUT2D eigenvalue weighted by Gasteiger charge is 2.50. The number of hydrazone groups is 1. The Morgan fingerprint density at radius 1 is 1.48 bits per heavy atom. The molecule has 0 aromatic heterocycles. The molecule has 0 unspecified atom stereocenters. The summed E-state index contributed by atoms with van der Waals surface area (Å²) in [7, 11) is 0. The van der Waals surface area contributed by atoms with E-state index in [2.05, 4.69) is 30.5 Å². The maximum atomic E-state index is 10.7. The minimum absolute atomic E-state index is 0.0649. The standard InChI is InChI=1S/C16H19N3O2/c1-16(2)12-7-6-11(15(16)8-12)10-17-18-13-4-3-5-14(9-13)19(20)21/h3-6,9-10,12,15,18H,7-8H2,1-2H3/b17-10-/t12-,15-/m1/s1. The number of nitro groups is 1. The molecule has 5 nitrogen and oxygen atoms in total. The van der Waals surface area contributed by atoms with Crippen molar-refractivity contribution in [1.82, 2.24) is 0 Å². The maximum absolute atomic E-state index is 10.7. The Morgan fingerprint density at radius 2 is 2.29 bits per heavy atom. The van der Waals surface area contributed by atoms with Crippen LogP contribution in [0.5, 0.6) is 0 Å². The van der Waals surface area contributed by atoms with Crippen LogP contribution in [-0.2, 0) is 0 Å². The van der Waals surface area contributed by atoms with Crippen LogP contribution in [0.1, 0.15) is 26.7 Å². The smallest absolute Gasteiger partial charge is 0.271 e. The molecule has 2 bridgehead atoms. The lowest BCUT2D eigenvalue weighted by Gasteiger charge is -2.55. The van der Waals surface area contributed by atoms with Gasteiger partial charge in [-0.25, -0.2) is 0 Å². The molecule has 3 aliphatic carbocycles. The minimum Gasteiger partial charge on any atom is -0.278 e. The van der Waals surface area contributed by atoms with Crippen molar-refractivity contribution in [2.75, 3.05) is 5.43 Å². The zero-order chi connectivity index (χ0) is 15.0. The molecule has 2 atom stereocenters. The Labute approximate surface area is 123 Å². The van der Waals surface area contributed by atoms with Crippen LogP contribution in [0.2, 0.25) is 0 Å². The molecule has 5 heteroatoms. The molecule has 1 aromatic carbocycles. The van der Waals surface area contributed by atoms with E-state index in [4.69, 9.17) is 0 Å². The molecule has 4 rings (SSSR count). The number of nitrogens with one attached hydrogen (secondary N) is 1. The second-order valence-corrected chi connectivity index (χ2v) is 6.42. The molecule has 0 saturated heterocycles. The highest BCUT2D eigenvalue weighted by molar-refractivity contribution is 5.81. The van der Waals surface area contributed by atoms with Crippen LogP contribution in [0.3, 0.4) is 0 Å². The average molecular weight is 285 g/mol. The summed E-state index contributed by atoms with van der Waals surface area (Å²) in [6.45, 7) is 4.64. The van der Waals surface area contributed by atoms with Gasteiger partial charge in [0.2, 0.25) is 0 Å². The molecule has 1 aromatic rings. The average Bonchev–Trinajstić information content (AvgIpc) is 2.47. The van der Waals surface area contributed by atoms with Crippen molar-refractivity contribution >= 4 is 17.6 Å². The zero-order valence-corrected chi connectivity index (χ0v) is 12.2. The van der Waals surface area contributed by atoms with Crippen LogP contribution in [0.4, 0.5) is 11.4 Å². The fraction of sp³-hybridized carbons (Fsp3) is 0.438. The first-order valence-electron chi connectivity index (χ1n) is 7.22. The van der Waals surface area contributed by atoms with E-state index < -0.39 is 4.92 Å². The summed E-state index contributed by atoms with van der Waals surface area (Å²) in [4.78, 5) is 10.3. The van der Waals surface area contributed by atoms with E-state index in [9.17, 15) is 10.1 Å². The minimum atomic E-state index is -0.407. The SMILES string of the molecule is CC1(C)[C@@H]2CC=C(/C=N\Nc3cccc([N+](=O)[O-])c3)[C@H]1C2. The number of nitrogens with zero attached hydrogens (tertiary/aromatic N) is 2. The molecular weight excluding hydrogens is 266 g/mol. The molecule has 1 fully saturated rings. The fourth-order valence-electron chi connectivity index (χ4n) is 3.42. The predicted molar refractivity (Wildman–Crippen MR) is 83.3 cm³/mol. The van der Waals surface area contributed by atoms with Gasteiger partial charge in [-0.1, -0.05) is 26.0 Å².